The maximum atomic E-state index is 12.1. The zero-order valence-electron chi connectivity index (χ0n) is 9.55. The molecule has 2 rings (SSSR count). The van der Waals surface area contributed by atoms with Gasteiger partial charge in [0.05, 0.1) is 15.6 Å². The van der Waals surface area contributed by atoms with Crippen molar-refractivity contribution in [2.45, 2.75) is 6.17 Å². The van der Waals surface area contributed by atoms with E-state index >= 15 is 0 Å². The van der Waals surface area contributed by atoms with Crippen molar-refractivity contribution in [2.24, 2.45) is 0 Å². The van der Waals surface area contributed by atoms with E-state index in [0.717, 1.165) is 0 Å². The first-order chi connectivity index (χ1) is 9.13. The first-order valence-electron chi connectivity index (χ1n) is 5.27. The van der Waals surface area contributed by atoms with Crippen LogP contribution in [0.25, 0.3) is 0 Å². The molecule has 2 aromatic rings. The molecule has 19 heavy (non-hydrogen) atoms. The Hall–Kier alpha value is -2.03. The lowest BCUT2D eigenvalue weighted by molar-refractivity contribution is 0.0931. The van der Waals surface area contributed by atoms with Crippen LogP contribution in [0.2, 0.25) is 10.0 Å². The van der Waals surface area contributed by atoms with Gasteiger partial charge in [0.15, 0.2) is 0 Å². The molecule has 0 aliphatic rings. The van der Waals surface area contributed by atoms with Crippen LogP contribution < -0.4 is 5.32 Å². The maximum absolute atomic E-state index is 12.1. The van der Waals surface area contributed by atoms with Gasteiger partial charge in [-0.2, -0.15) is 10.4 Å². The summed E-state index contributed by atoms with van der Waals surface area (Å²) in [5, 5.41) is 15.9. The van der Waals surface area contributed by atoms with E-state index in [-0.39, 0.29) is 15.6 Å². The number of carbonyl (C=O) groups is 1. The number of hydrogen-bond acceptors (Lipinski definition) is 3. The zero-order chi connectivity index (χ0) is 13.8. The standard InChI is InChI=1S/C12H8Cl2N4O/c13-8-3-1-4-9(14)11(8)12(19)17-10(7-15)18-6-2-5-16-18/h1-6,10H,(H,17,19). The van der Waals surface area contributed by atoms with Crippen LogP contribution in [0.15, 0.2) is 36.7 Å². The lowest BCUT2D eigenvalue weighted by Crippen LogP contribution is -2.32. The van der Waals surface area contributed by atoms with Crippen molar-refractivity contribution in [3.8, 4) is 6.07 Å². The van der Waals surface area contributed by atoms with Gasteiger partial charge in [-0.25, -0.2) is 4.68 Å². The smallest absolute Gasteiger partial charge is 0.256 e. The van der Waals surface area contributed by atoms with Crippen LogP contribution in [0, 0.1) is 11.3 Å². The minimum atomic E-state index is -0.921. The van der Waals surface area contributed by atoms with E-state index in [4.69, 9.17) is 28.5 Å². The molecule has 0 radical (unpaired) electrons. The van der Waals surface area contributed by atoms with Gasteiger partial charge in [-0.05, 0) is 18.2 Å². The summed E-state index contributed by atoms with van der Waals surface area (Å²) in [7, 11) is 0. The monoisotopic (exact) mass is 294 g/mol. The highest BCUT2D eigenvalue weighted by molar-refractivity contribution is 6.39. The lowest BCUT2D eigenvalue weighted by Gasteiger charge is -2.13. The van der Waals surface area contributed by atoms with Gasteiger partial charge in [0.2, 0.25) is 6.17 Å². The zero-order valence-corrected chi connectivity index (χ0v) is 11.1. The average Bonchev–Trinajstić information content (AvgIpc) is 2.89. The summed E-state index contributed by atoms with van der Waals surface area (Å²) in [6.45, 7) is 0. The van der Waals surface area contributed by atoms with Gasteiger partial charge in [0.1, 0.15) is 6.07 Å². The van der Waals surface area contributed by atoms with Crippen LogP contribution in [-0.4, -0.2) is 15.7 Å². The maximum Gasteiger partial charge on any atom is 0.256 e. The molecule has 1 heterocycles. The molecule has 0 saturated heterocycles. The fraction of sp³-hybridized carbons (Fsp3) is 0.0833. The second-order valence-corrected chi connectivity index (χ2v) is 4.40. The Kier molecular flexibility index (Phi) is 4.05. The number of nitrogens with one attached hydrogen (secondary N) is 1. The van der Waals surface area contributed by atoms with Gasteiger partial charge in [-0.15, -0.1) is 0 Å². The third-order valence-corrected chi connectivity index (χ3v) is 3.00. The number of halogens is 2. The number of aromatic nitrogens is 2. The topological polar surface area (TPSA) is 70.7 Å². The second kappa shape index (κ2) is 5.74. The van der Waals surface area contributed by atoms with Gasteiger partial charge >= 0.3 is 0 Å². The summed E-state index contributed by atoms with van der Waals surface area (Å²) in [6, 6.07) is 8.32. The second-order valence-electron chi connectivity index (χ2n) is 3.59. The van der Waals surface area contributed by atoms with E-state index in [1.54, 1.807) is 30.5 Å². The Morgan fingerprint density at radius 1 is 1.37 bits per heavy atom. The Morgan fingerprint density at radius 2 is 2.05 bits per heavy atom. The molecule has 1 aromatic carbocycles. The Balaban J connectivity index is 2.24. The molecule has 1 atom stereocenters. The van der Waals surface area contributed by atoms with Crippen LogP contribution >= 0.6 is 23.2 Å². The molecule has 0 bridgehead atoms. The largest absolute Gasteiger partial charge is 0.318 e. The van der Waals surface area contributed by atoms with E-state index in [2.05, 4.69) is 10.4 Å². The summed E-state index contributed by atoms with van der Waals surface area (Å²) >= 11 is 11.9. The average molecular weight is 295 g/mol. The molecule has 1 unspecified atom stereocenters. The van der Waals surface area contributed by atoms with Gasteiger partial charge in [0.25, 0.3) is 5.91 Å². The summed E-state index contributed by atoms with van der Waals surface area (Å²) in [6.07, 6.45) is 2.16. The molecular weight excluding hydrogens is 287 g/mol. The fourth-order valence-electron chi connectivity index (χ4n) is 1.50. The highest BCUT2D eigenvalue weighted by Gasteiger charge is 2.19. The molecule has 0 aliphatic heterocycles. The summed E-state index contributed by atoms with van der Waals surface area (Å²) in [5.74, 6) is -0.530. The number of nitrogens with zero attached hydrogens (tertiary/aromatic N) is 3. The van der Waals surface area contributed by atoms with Gasteiger partial charge in [-0.1, -0.05) is 29.3 Å². The highest BCUT2D eigenvalue weighted by atomic mass is 35.5. The predicted molar refractivity (Wildman–Crippen MR) is 70.8 cm³/mol. The lowest BCUT2D eigenvalue weighted by atomic mass is 10.2. The van der Waals surface area contributed by atoms with E-state index in [1.165, 1.54) is 10.9 Å². The quantitative estimate of drug-likeness (QED) is 0.946. The minimum Gasteiger partial charge on any atom is -0.318 e. The predicted octanol–water partition coefficient (Wildman–Crippen LogP) is 2.64. The normalized spacial score (nSPS) is 11.6. The number of amides is 1. The van der Waals surface area contributed by atoms with Crippen molar-refractivity contribution in [1.29, 1.82) is 5.26 Å². The third kappa shape index (κ3) is 2.87. The van der Waals surface area contributed by atoms with Crippen LogP contribution in [0.4, 0.5) is 0 Å². The molecule has 0 fully saturated rings. The third-order valence-electron chi connectivity index (χ3n) is 2.37. The van der Waals surface area contributed by atoms with E-state index in [1.807, 2.05) is 6.07 Å². The summed E-state index contributed by atoms with van der Waals surface area (Å²) < 4.78 is 1.32. The first kappa shape index (κ1) is 13.4. The Morgan fingerprint density at radius 3 is 2.58 bits per heavy atom. The molecule has 0 spiro atoms. The van der Waals surface area contributed by atoms with Gasteiger partial charge < -0.3 is 5.32 Å². The minimum absolute atomic E-state index is 0.137. The van der Waals surface area contributed by atoms with Gasteiger partial charge in [0, 0.05) is 12.4 Å². The molecule has 5 nitrogen and oxygen atoms in total. The molecule has 0 saturated carbocycles. The highest BCUT2D eigenvalue weighted by Crippen LogP contribution is 2.24. The molecule has 7 heteroatoms. The number of hydrogen-bond donors (Lipinski definition) is 1. The van der Waals surface area contributed by atoms with Gasteiger partial charge in [-0.3, -0.25) is 4.79 Å². The van der Waals surface area contributed by atoms with Crippen molar-refractivity contribution < 1.29 is 4.79 Å². The van der Waals surface area contributed by atoms with E-state index in [0.29, 0.717) is 0 Å². The number of benzene rings is 1. The van der Waals surface area contributed by atoms with Crippen molar-refractivity contribution in [2.75, 3.05) is 0 Å². The number of rotatable bonds is 3. The molecular formula is C12H8Cl2N4O. The van der Waals surface area contributed by atoms with Crippen LogP contribution in [0.3, 0.4) is 0 Å². The van der Waals surface area contributed by atoms with Crippen LogP contribution in [0.1, 0.15) is 16.5 Å². The fourth-order valence-corrected chi connectivity index (χ4v) is 2.07. The van der Waals surface area contributed by atoms with Crippen molar-refractivity contribution >= 4 is 29.1 Å². The molecule has 1 N–H and O–H groups in total. The van der Waals surface area contributed by atoms with Crippen LogP contribution in [-0.2, 0) is 0 Å². The van der Waals surface area contributed by atoms with Crippen LogP contribution in [0.5, 0.6) is 0 Å². The first-order valence-corrected chi connectivity index (χ1v) is 6.02. The Bertz CT molecular complexity index is 613. The summed E-state index contributed by atoms with van der Waals surface area (Å²) in [4.78, 5) is 12.1. The molecule has 96 valence electrons. The molecule has 0 aliphatic carbocycles. The van der Waals surface area contributed by atoms with E-state index in [9.17, 15) is 4.79 Å². The van der Waals surface area contributed by atoms with E-state index < -0.39 is 12.1 Å². The van der Waals surface area contributed by atoms with Crippen molar-refractivity contribution in [3.63, 3.8) is 0 Å². The Labute approximate surface area is 119 Å². The van der Waals surface area contributed by atoms with Crippen molar-refractivity contribution in [3.05, 3.63) is 52.3 Å². The SMILES string of the molecule is N#CC(NC(=O)c1c(Cl)cccc1Cl)n1cccn1. The summed E-state index contributed by atoms with van der Waals surface area (Å²) in [5.41, 5.74) is 0.137. The molecule has 1 aromatic heterocycles. The number of carbonyl (C=O) groups excluding carboxylic acids is 1. The van der Waals surface area contributed by atoms with Crippen molar-refractivity contribution in [1.82, 2.24) is 15.1 Å². The molecule has 1 amide bonds. The number of nitriles is 1.